The molecule has 1 spiro atoms. The number of likely N-dealkylation sites (tertiary alicyclic amines) is 1. The number of amides is 4. The summed E-state index contributed by atoms with van der Waals surface area (Å²) in [4.78, 5) is 41.6. The Labute approximate surface area is 184 Å². The van der Waals surface area contributed by atoms with Crippen LogP contribution in [0.3, 0.4) is 0 Å². The van der Waals surface area contributed by atoms with Crippen LogP contribution < -0.4 is 10.6 Å². The van der Waals surface area contributed by atoms with E-state index in [0.29, 0.717) is 18.9 Å². The van der Waals surface area contributed by atoms with Crippen molar-refractivity contribution in [3.8, 4) is 0 Å². The first-order chi connectivity index (χ1) is 15.0. The van der Waals surface area contributed by atoms with Crippen LogP contribution in [0.5, 0.6) is 0 Å². The number of hydrogen-bond donors (Lipinski definition) is 2. The van der Waals surface area contributed by atoms with Gasteiger partial charge in [-0.25, -0.2) is 4.79 Å². The number of benzene rings is 1. The van der Waals surface area contributed by atoms with E-state index in [2.05, 4.69) is 39.8 Å². The number of urea groups is 1. The van der Waals surface area contributed by atoms with E-state index < -0.39 is 11.6 Å². The van der Waals surface area contributed by atoms with Crippen molar-refractivity contribution in [2.45, 2.75) is 57.5 Å². The Hall–Kier alpha value is -2.41. The summed E-state index contributed by atoms with van der Waals surface area (Å²) in [6.45, 7) is 5.34. The SMILES string of the molecule is CC1CCCCC12NC(=O)N(CC(=O)NCC1CCCN(Cc3ccccc3)C1)C2=O. The van der Waals surface area contributed by atoms with E-state index in [-0.39, 0.29) is 24.3 Å². The average molecular weight is 427 g/mol. The van der Waals surface area contributed by atoms with Crippen LogP contribution >= 0.6 is 0 Å². The number of hydrogen-bond acceptors (Lipinski definition) is 4. The number of nitrogens with zero attached hydrogens (tertiary/aromatic N) is 2. The van der Waals surface area contributed by atoms with E-state index in [9.17, 15) is 14.4 Å². The Morgan fingerprint density at radius 2 is 1.97 bits per heavy atom. The second kappa shape index (κ2) is 9.39. The molecule has 0 radical (unpaired) electrons. The Morgan fingerprint density at radius 3 is 2.74 bits per heavy atom. The minimum absolute atomic E-state index is 0.101. The van der Waals surface area contributed by atoms with E-state index >= 15 is 0 Å². The number of carbonyl (C=O) groups excluding carboxylic acids is 3. The first-order valence-electron chi connectivity index (χ1n) is 11.6. The van der Waals surface area contributed by atoms with Crippen molar-refractivity contribution in [3.63, 3.8) is 0 Å². The molecule has 7 heteroatoms. The summed E-state index contributed by atoms with van der Waals surface area (Å²) in [5.74, 6) is -0.00595. The lowest BCUT2D eigenvalue weighted by Gasteiger charge is -2.36. The smallest absolute Gasteiger partial charge is 0.325 e. The maximum absolute atomic E-state index is 13.0. The van der Waals surface area contributed by atoms with Gasteiger partial charge in [0.15, 0.2) is 0 Å². The monoisotopic (exact) mass is 426 g/mol. The predicted molar refractivity (Wildman–Crippen MR) is 118 cm³/mol. The van der Waals surface area contributed by atoms with E-state index in [1.54, 1.807) is 0 Å². The fourth-order valence-electron chi connectivity index (χ4n) is 5.40. The molecule has 3 fully saturated rings. The lowest BCUT2D eigenvalue weighted by atomic mass is 9.73. The third-order valence-corrected chi connectivity index (χ3v) is 7.24. The van der Waals surface area contributed by atoms with Gasteiger partial charge in [0.05, 0.1) is 0 Å². The van der Waals surface area contributed by atoms with Gasteiger partial charge in [0.25, 0.3) is 5.91 Å². The number of rotatable bonds is 6. The molecule has 1 saturated carbocycles. The van der Waals surface area contributed by atoms with Crippen LogP contribution in [0.2, 0.25) is 0 Å². The third kappa shape index (κ3) is 4.76. The molecule has 2 saturated heterocycles. The van der Waals surface area contributed by atoms with Crippen molar-refractivity contribution in [2.75, 3.05) is 26.2 Å². The van der Waals surface area contributed by atoms with Gasteiger partial charge in [0.1, 0.15) is 12.1 Å². The summed E-state index contributed by atoms with van der Waals surface area (Å²) in [7, 11) is 0. The van der Waals surface area contributed by atoms with Crippen LogP contribution in [0.1, 0.15) is 51.0 Å². The molecule has 3 aliphatic rings. The minimum Gasteiger partial charge on any atom is -0.354 e. The Morgan fingerprint density at radius 1 is 1.16 bits per heavy atom. The zero-order valence-corrected chi connectivity index (χ0v) is 18.4. The number of imide groups is 1. The molecule has 2 aliphatic heterocycles. The van der Waals surface area contributed by atoms with Gasteiger partial charge in [-0.2, -0.15) is 0 Å². The lowest BCUT2D eigenvalue weighted by molar-refractivity contribution is -0.137. The fraction of sp³-hybridized carbons (Fsp3) is 0.625. The summed E-state index contributed by atoms with van der Waals surface area (Å²) >= 11 is 0. The average Bonchev–Trinajstić information content (AvgIpc) is 3.00. The summed E-state index contributed by atoms with van der Waals surface area (Å²) in [5.41, 5.74) is 0.494. The van der Waals surface area contributed by atoms with Crippen LogP contribution in [0.15, 0.2) is 30.3 Å². The maximum Gasteiger partial charge on any atom is 0.325 e. The Balaban J connectivity index is 1.26. The molecule has 31 heavy (non-hydrogen) atoms. The summed E-state index contributed by atoms with van der Waals surface area (Å²) in [6, 6.07) is 10.0. The number of carbonyl (C=O) groups is 3. The van der Waals surface area contributed by atoms with E-state index in [1.165, 1.54) is 5.56 Å². The Bertz CT molecular complexity index is 814. The first-order valence-corrected chi connectivity index (χ1v) is 11.6. The van der Waals surface area contributed by atoms with Crippen LogP contribution in [0.4, 0.5) is 4.79 Å². The molecule has 1 aromatic carbocycles. The van der Waals surface area contributed by atoms with Gasteiger partial charge < -0.3 is 10.6 Å². The normalized spacial score (nSPS) is 29.3. The molecule has 168 valence electrons. The van der Waals surface area contributed by atoms with E-state index in [0.717, 1.165) is 56.6 Å². The lowest BCUT2D eigenvalue weighted by Crippen LogP contribution is -2.54. The molecule has 3 unspecified atom stereocenters. The third-order valence-electron chi connectivity index (χ3n) is 7.24. The molecular formula is C24H34N4O3. The van der Waals surface area contributed by atoms with Crippen LogP contribution in [-0.2, 0) is 16.1 Å². The van der Waals surface area contributed by atoms with Gasteiger partial charge in [-0.1, -0.05) is 50.1 Å². The van der Waals surface area contributed by atoms with Gasteiger partial charge >= 0.3 is 6.03 Å². The van der Waals surface area contributed by atoms with E-state index in [1.807, 2.05) is 13.0 Å². The molecule has 0 bridgehead atoms. The molecule has 0 aromatic heterocycles. The van der Waals surface area contributed by atoms with Crippen molar-refractivity contribution >= 4 is 17.8 Å². The number of piperidine rings is 1. The van der Waals surface area contributed by atoms with Crippen molar-refractivity contribution < 1.29 is 14.4 Å². The molecule has 2 N–H and O–H groups in total. The van der Waals surface area contributed by atoms with Crippen LogP contribution in [0, 0.1) is 11.8 Å². The highest BCUT2D eigenvalue weighted by Gasteiger charge is 2.55. The van der Waals surface area contributed by atoms with Crippen molar-refractivity contribution in [1.29, 1.82) is 0 Å². The predicted octanol–water partition coefficient (Wildman–Crippen LogP) is 2.52. The highest BCUT2D eigenvalue weighted by Crippen LogP contribution is 2.38. The van der Waals surface area contributed by atoms with Crippen molar-refractivity contribution in [1.82, 2.24) is 20.4 Å². The number of nitrogens with one attached hydrogen (secondary N) is 2. The molecule has 2 heterocycles. The molecule has 1 aromatic rings. The quantitative estimate of drug-likeness (QED) is 0.685. The van der Waals surface area contributed by atoms with Crippen molar-refractivity contribution in [2.24, 2.45) is 11.8 Å². The molecule has 3 atom stereocenters. The summed E-state index contributed by atoms with van der Waals surface area (Å²) in [5, 5.41) is 5.88. The topological polar surface area (TPSA) is 81.8 Å². The molecule has 4 amide bonds. The maximum atomic E-state index is 13.0. The molecule has 7 nitrogen and oxygen atoms in total. The summed E-state index contributed by atoms with van der Waals surface area (Å²) in [6.07, 6.45) is 5.78. The highest BCUT2D eigenvalue weighted by atomic mass is 16.2. The van der Waals surface area contributed by atoms with Gasteiger partial charge in [0.2, 0.25) is 5.91 Å². The minimum atomic E-state index is -0.809. The molecule has 4 rings (SSSR count). The second-order valence-corrected chi connectivity index (χ2v) is 9.47. The zero-order chi connectivity index (χ0) is 21.8. The van der Waals surface area contributed by atoms with Crippen LogP contribution in [0.25, 0.3) is 0 Å². The van der Waals surface area contributed by atoms with Crippen LogP contribution in [-0.4, -0.2) is 59.4 Å². The van der Waals surface area contributed by atoms with Crippen molar-refractivity contribution in [3.05, 3.63) is 35.9 Å². The molecular weight excluding hydrogens is 392 g/mol. The van der Waals surface area contributed by atoms with Gasteiger partial charge in [-0.3, -0.25) is 19.4 Å². The summed E-state index contributed by atoms with van der Waals surface area (Å²) < 4.78 is 0. The van der Waals surface area contributed by atoms with Gasteiger partial charge in [-0.15, -0.1) is 0 Å². The Kier molecular flexibility index (Phi) is 6.60. The zero-order valence-electron chi connectivity index (χ0n) is 18.4. The first kappa shape index (κ1) is 21.8. The fourth-order valence-corrected chi connectivity index (χ4v) is 5.40. The largest absolute Gasteiger partial charge is 0.354 e. The second-order valence-electron chi connectivity index (χ2n) is 9.47. The van der Waals surface area contributed by atoms with E-state index in [4.69, 9.17) is 0 Å². The van der Waals surface area contributed by atoms with Gasteiger partial charge in [-0.05, 0) is 49.6 Å². The van der Waals surface area contributed by atoms with Gasteiger partial charge in [0, 0.05) is 19.6 Å². The molecule has 1 aliphatic carbocycles. The standard InChI is InChI=1S/C24H34N4O3/c1-18-8-5-6-12-24(18)22(30)28(23(31)26-24)17-21(29)25-14-20-11-7-13-27(16-20)15-19-9-3-2-4-10-19/h2-4,9-10,18,20H,5-8,11-17H2,1H3,(H,25,29)(H,26,31). The highest BCUT2D eigenvalue weighted by molar-refractivity contribution is 6.09.